The van der Waals surface area contributed by atoms with Gasteiger partial charge in [-0.3, -0.25) is 24.2 Å². The number of hydrogen-bond acceptors (Lipinski definition) is 5. The molecule has 4 rings (SSSR count). The van der Waals surface area contributed by atoms with Crippen molar-refractivity contribution in [2.24, 2.45) is 0 Å². The van der Waals surface area contributed by atoms with Crippen LogP contribution in [0.15, 0.2) is 71.9 Å². The van der Waals surface area contributed by atoms with E-state index in [0.29, 0.717) is 11.1 Å². The number of fused-ring (bicyclic) bond motifs is 1. The molecule has 0 saturated heterocycles. The molecule has 1 aromatic heterocycles. The van der Waals surface area contributed by atoms with Crippen LogP contribution in [0.25, 0.3) is 0 Å². The normalized spacial score (nSPS) is 13.5. The molecule has 1 aliphatic rings. The Morgan fingerprint density at radius 1 is 0.966 bits per heavy atom. The van der Waals surface area contributed by atoms with Crippen LogP contribution in [0, 0.1) is 6.92 Å². The van der Waals surface area contributed by atoms with Gasteiger partial charge in [-0.05, 0) is 42.3 Å². The molecule has 7 nitrogen and oxygen atoms in total. The van der Waals surface area contributed by atoms with Crippen molar-refractivity contribution < 1.29 is 18.0 Å². The standard InChI is InChI=1S/C21H17N3O4S/c1-14-6-2-3-10-18(14)29(27,28)23-17-9-4-8-16-19(17)21(26)24(20(16)25)13-15-7-5-11-22-12-15/h2-12,23H,13H2,1H3. The maximum atomic E-state index is 13.0. The maximum Gasteiger partial charge on any atom is 0.264 e. The van der Waals surface area contributed by atoms with Crippen molar-refractivity contribution >= 4 is 27.5 Å². The second-order valence-electron chi connectivity index (χ2n) is 6.66. The Bertz CT molecular complexity index is 1220. The van der Waals surface area contributed by atoms with Gasteiger partial charge in [0.2, 0.25) is 0 Å². The number of imide groups is 1. The summed E-state index contributed by atoms with van der Waals surface area (Å²) >= 11 is 0. The Morgan fingerprint density at radius 3 is 2.48 bits per heavy atom. The summed E-state index contributed by atoms with van der Waals surface area (Å²) in [6.07, 6.45) is 3.18. The summed E-state index contributed by atoms with van der Waals surface area (Å²) in [5.41, 5.74) is 1.58. The third-order valence-electron chi connectivity index (χ3n) is 4.69. The van der Waals surface area contributed by atoms with Crippen molar-refractivity contribution in [2.75, 3.05) is 4.72 Å². The fourth-order valence-corrected chi connectivity index (χ4v) is 4.61. The van der Waals surface area contributed by atoms with E-state index in [1.165, 1.54) is 18.2 Å². The molecule has 1 aliphatic heterocycles. The van der Waals surface area contributed by atoms with E-state index in [1.54, 1.807) is 55.7 Å². The van der Waals surface area contributed by atoms with Crippen LogP contribution in [-0.2, 0) is 16.6 Å². The van der Waals surface area contributed by atoms with Gasteiger partial charge in [0.1, 0.15) is 0 Å². The zero-order chi connectivity index (χ0) is 20.6. The smallest absolute Gasteiger partial charge is 0.264 e. The number of nitrogens with one attached hydrogen (secondary N) is 1. The summed E-state index contributed by atoms with van der Waals surface area (Å²) in [6, 6.07) is 14.6. The van der Waals surface area contributed by atoms with Crippen molar-refractivity contribution in [3.8, 4) is 0 Å². The van der Waals surface area contributed by atoms with E-state index in [2.05, 4.69) is 9.71 Å². The van der Waals surface area contributed by atoms with Gasteiger partial charge in [-0.15, -0.1) is 0 Å². The number of anilines is 1. The van der Waals surface area contributed by atoms with Crippen LogP contribution in [-0.4, -0.2) is 30.1 Å². The molecule has 2 heterocycles. The quantitative estimate of drug-likeness (QED) is 0.656. The molecule has 0 fully saturated rings. The number of nitrogens with zero attached hydrogens (tertiary/aromatic N) is 2. The average molecular weight is 407 g/mol. The fraction of sp³-hybridized carbons (Fsp3) is 0.0952. The molecular formula is C21H17N3O4S. The second kappa shape index (κ2) is 7.14. The number of aromatic nitrogens is 1. The van der Waals surface area contributed by atoms with E-state index < -0.39 is 21.8 Å². The fourth-order valence-electron chi connectivity index (χ4n) is 3.29. The Morgan fingerprint density at radius 2 is 1.76 bits per heavy atom. The summed E-state index contributed by atoms with van der Waals surface area (Å²) in [7, 11) is -3.92. The van der Waals surface area contributed by atoms with Crippen molar-refractivity contribution in [2.45, 2.75) is 18.4 Å². The lowest BCUT2D eigenvalue weighted by Gasteiger charge is -2.14. The highest BCUT2D eigenvalue weighted by Gasteiger charge is 2.38. The minimum Gasteiger partial charge on any atom is -0.279 e. The molecule has 29 heavy (non-hydrogen) atoms. The first-order chi connectivity index (χ1) is 13.9. The zero-order valence-electron chi connectivity index (χ0n) is 15.5. The summed E-state index contributed by atoms with van der Waals surface area (Å²) < 4.78 is 28.2. The van der Waals surface area contributed by atoms with Crippen molar-refractivity contribution in [3.05, 3.63) is 89.2 Å². The van der Waals surface area contributed by atoms with Gasteiger partial charge in [0.25, 0.3) is 21.8 Å². The lowest BCUT2D eigenvalue weighted by atomic mass is 10.1. The third kappa shape index (κ3) is 3.38. The van der Waals surface area contributed by atoms with Gasteiger partial charge in [0.15, 0.2) is 0 Å². The highest BCUT2D eigenvalue weighted by atomic mass is 32.2. The molecule has 3 aromatic rings. The van der Waals surface area contributed by atoms with Crippen LogP contribution >= 0.6 is 0 Å². The van der Waals surface area contributed by atoms with Crippen LogP contribution in [0.3, 0.4) is 0 Å². The number of amides is 2. The molecule has 1 N–H and O–H groups in total. The van der Waals surface area contributed by atoms with E-state index in [9.17, 15) is 18.0 Å². The molecule has 0 radical (unpaired) electrons. The Hall–Kier alpha value is -3.52. The van der Waals surface area contributed by atoms with E-state index in [0.717, 1.165) is 4.90 Å². The van der Waals surface area contributed by atoms with Crippen molar-refractivity contribution in [1.29, 1.82) is 0 Å². The molecule has 146 valence electrons. The van der Waals surface area contributed by atoms with Crippen LogP contribution < -0.4 is 4.72 Å². The van der Waals surface area contributed by atoms with Crippen LogP contribution in [0.4, 0.5) is 5.69 Å². The highest BCUT2D eigenvalue weighted by Crippen LogP contribution is 2.32. The second-order valence-corrected chi connectivity index (χ2v) is 8.31. The zero-order valence-corrected chi connectivity index (χ0v) is 16.3. The molecule has 8 heteroatoms. The molecule has 0 bridgehead atoms. The number of carbonyl (C=O) groups is 2. The van der Waals surface area contributed by atoms with E-state index in [1.807, 2.05) is 0 Å². The molecule has 0 aliphatic carbocycles. The highest BCUT2D eigenvalue weighted by molar-refractivity contribution is 7.92. The number of hydrogen-bond donors (Lipinski definition) is 1. The van der Waals surface area contributed by atoms with Crippen molar-refractivity contribution in [3.63, 3.8) is 0 Å². The van der Waals surface area contributed by atoms with Crippen molar-refractivity contribution in [1.82, 2.24) is 9.88 Å². The molecule has 2 amide bonds. The van der Waals surface area contributed by atoms with Gasteiger partial charge in [-0.1, -0.05) is 30.3 Å². The number of pyridine rings is 1. The van der Waals surface area contributed by atoms with Crippen LogP contribution in [0.2, 0.25) is 0 Å². The van der Waals surface area contributed by atoms with E-state index in [-0.39, 0.29) is 28.3 Å². The maximum absolute atomic E-state index is 13.0. The van der Waals surface area contributed by atoms with E-state index in [4.69, 9.17) is 0 Å². The van der Waals surface area contributed by atoms with E-state index >= 15 is 0 Å². The Balaban J connectivity index is 1.70. The summed E-state index contributed by atoms with van der Waals surface area (Å²) in [6.45, 7) is 1.75. The summed E-state index contributed by atoms with van der Waals surface area (Å²) in [5, 5.41) is 0. The van der Waals surface area contributed by atoms with Gasteiger partial charge in [-0.2, -0.15) is 0 Å². The van der Waals surface area contributed by atoms with Gasteiger partial charge in [0.05, 0.1) is 28.3 Å². The molecule has 0 spiro atoms. The summed E-state index contributed by atoms with van der Waals surface area (Å²) in [4.78, 5) is 30.9. The monoisotopic (exact) mass is 407 g/mol. The number of benzene rings is 2. The first-order valence-electron chi connectivity index (χ1n) is 8.85. The SMILES string of the molecule is Cc1ccccc1S(=O)(=O)Nc1cccc2c1C(=O)N(Cc1cccnc1)C2=O. The molecular weight excluding hydrogens is 390 g/mol. The molecule has 0 saturated carbocycles. The van der Waals surface area contributed by atoms with Gasteiger partial charge in [-0.25, -0.2) is 8.42 Å². The molecule has 2 aromatic carbocycles. The first-order valence-corrected chi connectivity index (χ1v) is 10.3. The minimum atomic E-state index is -3.92. The van der Waals surface area contributed by atoms with Crippen LogP contribution in [0.1, 0.15) is 31.8 Å². The van der Waals surface area contributed by atoms with Gasteiger partial charge < -0.3 is 0 Å². The first kappa shape index (κ1) is 18.8. The number of rotatable bonds is 5. The lowest BCUT2D eigenvalue weighted by Crippen LogP contribution is -2.29. The lowest BCUT2D eigenvalue weighted by molar-refractivity contribution is 0.0642. The van der Waals surface area contributed by atoms with Crippen LogP contribution in [0.5, 0.6) is 0 Å². The number of aryl methyl sites for hydroxylation is 1. The third-order valence-corrected chi connectivity index (χ3v) is 6.22. The minimum absolute atomic E-state index is 0.0542. The molecule has 0 unspecified atom stereocenters. The Kier molecular flexibility index (Phi) is 4.63. The Labute approximate surface area is 168 Å². The topological polar surface area (TPSA) is 96.4 Å². The summed E-state index contributed by atoms with van der Waals surface area (Å²) in [5.74, 6) is -1.01. The average Bonchev–Trinajstić information content (AvgIpc) is 2.94. The molecule has 0 atom stereocenters. The van der Waals surface area contributed by atoms with Gasteiger partial charge in [0, 0.05) is 12.4 Å². The predicted octanol–water partition coefficient (Wildman–Crippen LogP) is 2.99. The van der Waals surface area contributed by atoms with Gasteiger partial charge >= 0.3 is 0 Å². The number of sulfonamides is 1. The predicted molar refractivity (Wildman–Crippen MR) is 107 cm³/mol. The number of carbonyl (C=O) groups excluding carboxylic acids is 2. The largest absolute Gasteiger partial charge is 0.279 e.